The monoisotopic (exact) mass is 330 g/mol. The standard InChI is InChI=1S/C17H14O5S/c1-21-11-7-8-14-13(9-11)16(17(18)19)15(22-14)10-23(20)12-5-3-2-4-6-12/h2-9H,10H2,1H3,(H,18,19)/t23-/m0/s1. The average Bonchev–Trinajstić information content (AvgIpc) is 2.92. The van der Waals surface area contributed by atoms with E-state index >= 15 is 0 Å². The van der Waals surface area contributed by atoms with Crippen LogP contribution < -0.4 is 4.74 Å². The van der Waals surface area contributed by atoms with E-state index in [1.54, 1.807) is 42.5 Å². The minimum Gasteiger partial charge on any atom is -0.497 e. The van der Waals surface area contributed by atoms with Crippen LogP contribution in [0.3, 0.4) is 0 Å². The molecule has 0 radical (unpaired) electrons. The molecule has 0 aliphatic heterocycles. The minimum absolute atomic E-state index is 0.00262. The zero-order chi connectivity index (χ0) is 16.4. The lowest BCUT2D eigenvalue weighted by Gasteiger charge is -2.01. The number of carboxylic acid groups (broad SMARTS) is 1. The van der Waals surface area contributed by atoms with Gasteiger partial charge in [0, 0.05) is 10.3 Å². The predicted molar refractivity (Wildman–Crippen MR) is 86.3 cm³/mol. The molecular formula is C17H14O5S. The van der Waals surface area contributed by atoms with Gasteiger partial charge in [-0.1, -0.05) is 18.2 Å². The van der Waals surface area contributed by atoms with E-state index in [4.69, 9.17) is 9.15 Å². The third-order valence-corrected chi connectivity index (χ3v) is 4.77. The molecule has 0 fully saturated rings. The second-order valence-electron chi connectivity index (χ2n) is 4.87. The Morgan fingerprint density at radius 3 is 2.61 bits per heavy atom. The molecule has 1 aromatic heterocycles. The Morgan fingerprint density at radius 1 is 1.22 bits per heavy atom. The largest absolute Gasteiger partial charge is 0.497 e. The Labute approximate surface area is 135 Å². The Hall–Kier alpha value is -2.60. The van der Waals surface area contributed by atoms with Gasteiger partial charge in [0.25, 0.3) is 0 Å². The van der Waals surface area contributed by atoms with Crippen LogP contribution in [0.1, 0.15) is 16.1 Å². The zero-order valence-electron chi connectivity index (χ0n) is 12.3. The molecule has 0 spiro atoms. The molecule has 1 atom stereocenters. The van der Waals surface area contributed by atoms with E-state index in [1.807, 2.05) is 6.07 Å². The molecule has 1 N–H and O–H groups in total. The van der Waals surface area contributed by atoms with Gasteiger partial charge in [0.05, 0.1) is 23.7 Å². The van der Waals surface area contributed by atoms with Gasteiger partial charge in [-0.25, -0.2) is 4.79 Å². The quantitative estimate of drug-likeness (QED) is 0.775. The second-order valence-corrected chi connectivity index (χ2v) is 6.32. The van der Waals surface area contributed by atoms with E-state index in [2.05, 4.69) is 0 Å². The molecule has 23 heavy (non-hydrogen) atoms. The van der Waals surface area contributed by atoms with Crippen molar-refractivity contribution in [1.29, 1.82) is 0 Å². The fourth-order valence-electron chi connectivity index (χ4n) is 2.37. The summed E-state index contributed by atoms with van der Waals surface area (Å²) in [7, 11) is 0.124. The number of carbonyl (C=O) groups is 1. The number of benzene rings is 2. The molecule has 5 nitrogen and oxygen atoms in total. The van der Waals surface area contributed by atoms with E-state index < -0.39 is 16.8 Å². The number of hydrogen-bond acceptors (Lipinski definition) is 4. The van der Waals surface area contributed by atoms with E-state index in [1.165, 1.54) is 7.11 Å². The summed E-state index contributed by atoms with van der Waals surface area (Å²) in [4.78, 5) is 12.2. The van der Waals surface area contributed by atoms with Crippen LogP contribution in [0.15, 0.2) is 57.8 Å². The van der Waals surface area contributed by atoms with Crippen LogP contribution in [-0.4, -0.2) is 22.4 Å². The first kappa shape index (κ1) is 15.3. The van der Waals surface area contributed by atoms with E-state index in [-0.39, 0.29) is 17.1 Å². The third-order valence-electron chi connectivity index (χ3n) is 3.45. The highest BCUT2D eigenvalue weighted by molar-refractivity contribution is 7.84. The summed E-state index contributed by atoms with van der Waals surface area (Å²) in [5.74, 6) is -0.376. The second kappa shape index (κ2) is 6.26. The first-order valence-corrected chi connectivity index (χ1v) is 8.18. The molecule has 118 valence electrons. The summed E-state index contributed by atoms with van der Waals surface area (Å²) in [5.41, 5.74) is 0.464. The van der Waals surface area contributed by atoms with Crippen LogP contribution in [0, 0.1) is 0 Å². The summed E-state index contributed by atoms with van der Waals surface area (Å²) in [6, 6.07) is 13.8. The lowest BCUT2D eigenvalue weighted by Crippen LogP contribution is -2.03. The van der Waals surface area contributed by atoms with Crippen molar-refractivity contribution in [2.45, 2.75) is 10.6 Å². The topological polar surface area (TPSA) is 76.7 Å². The number of hydrogen-bond donors (Lipinski definition) is 1. The first-order valence-electron chi connectivity index (χ1n) is 6.86. The van der Waals surface area contributed by atoms with Crippen molar-refractivity contribution in [2.24, 2.45) is 0 Å². The van der Waals surface area contributed by atoms with Crippen LogP contribution in [0.25, 0.3) is 11.0 Å². The summed E-state index contributed by atoms with van der Waals surface area (Å²) in [6.45, 7) is 0. The highest BCUT2D eigenvalue weighted by Crippen LogP contribution is 2.30. The zero-order valence-corrected chi connectivity index (χ0v) is 13.1. The molecule has 0 bridgehead atoms. The van der Waals surface area contributed by atoms with Crippen molar-refractivity contribution < 1.29 is 23.3 Å². The van der Waals surface area contributed by atoms with Crippen LogP contribution >= 0.6 is 0 Å². The molecule has 0 unspecified atom stereocenters. The molecule has 0 amide bonds. The number of ether oxygens (including phenoxy) is 1. The molecule has 1 heterocycles. The SMILES string of the molecule is COc1ccc2oc(C[S@](=O)c3ccccc3)c(C(=O)O)c2c1. The van der Waals surface area contributed by atoms with E-state index in [9.17, 15) is 14.1 Å². The molecule has 0 aliphatic rings. The third kappa shape index (κ3) is 2.98. The van der Waals surface area contributed by atoms with E-state index in [0.29, 0.717) is 21.6 Å². The van der Waals surface area contributed by atoms with Gasteiger partial charge in [-0.05, 0) is 30.3 Å². The molecule has 2 aromatic carbocycles. The molecular weight excluding hydrogens is 316 g/mol. The van der Waals surface area contributed by atoms with Gasteiger partial charge in [-0.3, -0.25) is 4.21 Å². The van der Waals surface area contributed by atoms with Crippen molar-refractivity contribution in [3.63, 3.8) is 0 Å². The number of methoxy groups -OCH3 is 1. The number of carboxylic acids is 1. The molecule has 0 saturated heterocycles. The predicted octanol–water partition coefficient (Wildman–Crippen LogP) is 3.45. The smallest absolute Gasteiger partial charge is 0.339 e. The Balaban J connectivity index is 2.05. The number of aromatic carboxylic acids is 1. The van der Waals surface area contributed by atoms with Gasteiger partial charge in [0.15, 0.2) is 0 Å². The van der Waals surface area contributed by atoms with Crippen molar-refractivity contribution in [2.75, 3.05) is 7.11 Å². The van der Waals surface area contributed by atoms with Gasteiger partial charge >= 0.3 is 5.97 Å². The normalized spacial score (nSPS) is 12.2. The van der Waals surface area contributed by atoms with Crippen LogP contribution in [0.4, 0.5) is 0 Å². The van der Waals surface area contributed by atoms with E-state index in [0.717, 1.165) is 0 Å². The summed E-state index contributed by atoms with van der Waals surface area (Å²) in [5, 5.41) is 9.94. The number of furan rings is 1. The number of fused-ring (bicyclic) bond motifs is 1. The summed E-state index contributed by atoms with van der Waals surface area (Å²) < 4.78 is 23.2. The minimum atomic E-state index is -1.38. The van der Waals surface area contributed by atoms with Crippen molar-refractivity contribution in [3.05, 3.63) is 59.9 Å². The Kier molecular flexibility index (Phi) is 4.16. The molecule has 0 aliphatic carbocycles. The maximum absolute atomic E-state index is 12.4. The average molecular weight is 330 g/mol. The maximum atomic E-state index is 12.4. The summed E-state index contributed by atoms with van der Waals surface area (Å²) in [6.07, 6.45) is 0. The Morgan fingerprint density at radius 2 is 1.96 bits per heavy atom. The fourth-order valence-corrected chi connectivity index (χ4v) is 3.43. The van der Waals surface area contributed by atoms with Crippen LogP contribution in [0.2, 0.25) is 0 Å². The molecule has 6 heteroatoms. The maximum Gasteiger partial charge on any atom is 0.339 e. The lowest BCUT2D eigenvalue weighted by molar-refractivity contribution is 0.0697. The van der Waals surface area contributed by atoms with Crippen LogP contribution in [-0.2, 0) is 16.6 Å². The van der Waals surface area contributed by atoms with Gasteiger partial charge in [-0.15, -0.1) is 0 Å². The van der Waals surface area contributed by atoms with Gasteiger partial charge < -0.3 is 14.3 Å². The highest BCUT2D eigenvalue weighted by atomic mass is 32.2. The molecule has 3 aromatic rings. The van der Waals surface area contributed by atoms with Gasteiger partial charge in [-0.2, -0.15) is 0 Å². The van der Waals surface area contributed by atoms with Gasteiger partial charge in [0.2, 0.25) is 0 Å². The molecule has 3 rings (SSSR count). The lowest BCUT2D eigenvalue weighted by atomic mass is 10.1. The summed E-state index contributed by atoms with van der Waals surface area (Å²) >= 11 is 0. The van der Waals surface area contributed by atoms with Crippen molar-refractivity contribution in [1.82, 2.24) is 0 Å². The Bertz CT molecular complexity index is 883. The highest BCUT2D eigenvalue weighted by Gasteiger charge is 2.22. The first-order chi connectivity index (χ1) is 11.1. The van der Waals surface area contributed by atoms with Gasteiger partial charge in [0.1, 0.15) is 22.7 Å². The van der Waals surface area contributed by atoms with Crippen LogP contribution in [0.5, 0.6) is 5.75 Å². The van der Waals surface area contributed by atoms with Crippen molar-refractivity contribution >= 4 is 27.7 Å². The molecule has 0 saturated carbocycles. The fraction of sp³-hybridized carbons (Fsp3) is 0.118. The van der Waals surface area contributed by atoms with Crippen molar-refractivity contribution in [3.8, 4) is 5.75 Å². The number of rotatable bonds is 5.